The van der Waals surface area contributed by atoms with Gasteiger partial charge in [0, 0.05) is 13.0 Å². The molecule has 2 aromatic carbocycles. The van der Waals surface area contributed by atoms with Gasteiger partial charge in [-0.2, -0.15) is 0 Å². The van der Waals surface area contributed by atoms with Crippen molar-refractivity contribution in [2.75, 3.05) is 33.8 Å². The minimum Gasteiger partial charge on any atom is -0.494 e. The first-order chi connectivity index (χ1) is 16.3. The van der Waals surface area contributed by atoms with Gasteiger partial charge in [-0.05, 0) is 61.2 Å². The van der Waals surface area contributed by atoms with E-state index in [0.717, 1.165) is 48.2 Å². The van der Waals surface area contributed by atoms with Crippen LogP contribution in [0.5, 0.6) is 5.75 Å². The number of unbranched alkanes of at least 4 members (excludes halogenated alkanes) is 1. The van der Waals surface area contributed by atoms with E-state index in [9.17, 15) is 9.59 Å². The largest absolute Gasteiger partial charge is 0.494 e. The Morgan fingerprint density at radius 2 is 1.82 bits per heavy atom. The van der Waals surface area contributed by atoms with Crippen molar-refractivity contribution < 1.29 is 18.8 Å². The molecule has 0 saturated heterocycles. The lowest BCUT2D eigenvalue weighted by molar-refractivity contribution is -0.858. The highest BCUT2D eigenvalue weighted by atomic mass is 16.5. The van der Waals surface area contributed by atoms with Crippen molar-refractivity contribution in [2.24, 2.45) is 0 Å². The predicted molar refractivity (Wildman–Crippen MR) is 134 cm³/mol. The highest BCUT2D eigenvalue weighted by molar-refractivity contribution is 5.99. The van der Waals surface area contributed by atoms with Crippen LogP contribution < -0.4 is 15.1 Å². The van der Waals surface area contributed by atoms with E-state index in [2.05, 4.69) is 21.0 Å². The third-order valence-corrected chi connectivity index (χ3v) is 6.60. The Hall–Kier alpha value is -3.12. The van der Waals surface area contributed by atoms with Crippen LogP contribution in [0.1, 0.15) is 65.0 Å². The number of amides is 1. The quantitative estimate of drug-likeness (QED) is 0.492. The maximum Gasteiger partial charge on any atom is 0.290 e. The molecule has 1 amide bonds. The van der Waals surface area contributed by atoms with Crippen LogP contribution in [0.3, 0.4) is 0 Å². The molecule has 0 spiro atoms. The van der Waals surface area contributed by atoms with E-state index >= 15 is 0 Å². The highest BCUT2D eigenvalue weighted by Crippen LogP contribution is 2.39. The standard InChI is InChI=1S/C28H34N2O4/c1-6-7-14-33-21-11-8-10-20(17-21)25-24-26(31)22-15-18(2)19(3)16-23(22)34-27(24)28(32)30(25)13-9-12-29(4)5/h8,10-11,15-17,25H,6-7,9,12-14H2,1-5H3/p+1. The number of hydrogen-bond donors (Lipinski definition) is 1. The molecule has 0 fully saturated rings. The van der Waals surface area contributed by atoms with Gasteiger partial charge in [0.15, 0.2) is 5.43 Å². The number of fused-ring (bicyclic) bond motifs is 2. The minimum absolute atomic E-state index is 0.129. The zero-order valence-electron chi connectivity index (χ0n) is 20.9. The Morgan fingerprint density at radius 1 is 1.06 bits per heavy atom. The van der Waals surface area contributed by atoms with Crippen molar-refractivity contribution >= 4 is 16.9 Å². The molecule has 6 heteroatoms. The molecule has 6 nitrogen and oxygen atoms in total. The van der Waals surface area contributed by atoms with Gasteiger partial charge in [0.05, 0.1) is 44.2 Å². The molecule has 1 aromatic heterocycles. The molecule has 2 heterocycles. The fraction of sp³-hybridized carbons (Fsp3) is 0.429. The second kappa shape index (κ2) is 10.0. The number of benzene rings is 2. The summed E-state index contributed by atoms with van der Waals surface area (Å²) in [5, 5.41) is 0.523. The van der Waals surface area contributed by atoms with E-state index in [1.54, 1.807) is 4.90 Å². The van der Waals surface area contributed by atoms with Gasteiger partial charge in [-0.1, -0.05) is 25.5 Å². The van der Waals surface area contributed by atoms with Crippen LogP contribution in [0.15, 0.2) is 45.6 Å². The van der Waals surface area contributed by atoms with Gasteiger partial charge in [0.2, 0.25) is 5.76 Å². The topological polar surface area (TPSA) is 64.2 Å². The summed E-state index contributed by atoms with van der Waals surface area (Å²) in [6, 6.07) is 11.0. The summed E-state index contributed by atoms with van der Waals surface area (Å²) in [5.74, 6) is 0.699. The molecule has 1 aliphatic rings. The molecule has 0 saturated carbocycles. The third-order valence-electron chi connectivity index (χ3n) is 6.60. The van der Waals surface area contributed by atoms with Crippen molar-refractivity contribution in [3.05, 3.63) is 74.6 Å². The number of nitrogens with one attached hydrogen (secondary N) is 1. The molecule has 1 aliphatic heterocycles. The summed E-state index contributed by atoms with van der Waals surface area (Å²) in [6.45, 7) is 8.20. The molecule has 0 bridgehead atoms. The van der Waals surface area contributed by atoms with Crippen molar-refractivity contribution in [3.8, 4) is 5.75 Å². The zero-order chi connectivity index (χ0) is 24.4. The Bertz CT molecular complexity index is 1260. The van der Waals surface area contributed by atoms with Crippen molar-refractivity contribution in [2.45, 2.75) is 46.1 Å². The van der Waals surface area contributed by atoms with E-state index in [0.29, 0.717) is 29.7 Å². The summed E-state index contributed by atoms with van der Waals surface area (Å²) in [7, 11) is 4.19. The van der Waals surface area contributed by atoms with Gasteiger partial charge in [-0.25, -0.2) is 0 Å². The van der Waals surface area contributed by atoms with Crippen molar-refractivity contribution in [1.82, 2.24) is 4.90 Å². The molecule has 34 heavy (non-hydrogen) atoms. The molecule has 1 N–H and O–H groups in total. The number of carbonyl (C=O) groups is 1. The number of carbonyl (C=O) groups excluding carboxylic acids is 1. The maximum atomic E-state index is 13.8. The smallest absolute Gasteiger partial charge is 0.290 e. The summed E-state index contributed by atoms with van der Waals surface area (Å²) in [4.78, 5) is 30.4. The number of nitrogens with zero attached hydrogens (tertiary/aromatic N) is 1. The molecule has 1 unspecified atom stereocenters. The first kappa shape index (κ1) is 24.0. The number of hydrogen-bond acceptors (Lipinski definition) is 4. The Balaban J connectivity index is 1.83. The first-order valence-corrected chi connectivity index (χ1v) is 12.2. The second-order valence-electron chi connectivity index (χ2n) is 9.59. The van der Waals surface area contributed by atoms with Crippen LogP contribution in [0.4, 0.5) is 0 Å². The summed E-state index contributed by atoms with van der Waals surface area (Å²) in [6.07, 6.45) is 2.86. The van der Waals surface area contributed by atoms with Crippen LogP contribution in [-0.4, -0.2) is 44.6 Å². The second-order valence-corrected chi connectivity index (χ2v) is 9.59. The molecular formula is C28H35N2O4+. The number of quaternary nitrogens is 1. The van der Waals surface area contributed by atoms with Crippen LogP contribution in [0, 0.1) is 13.8 Å². The van der Waals surface area contributed by atoms with Gasteiger partial charge in [-0.15, -0.1) is 0 Å². The van der Waals surface area contributed by atoms with Crippen molar-refractivity contribution in [1.29, 1.82) is 0 Å². The third kappa shape index (κ3) is 4.60. The Kier molecular flexibility index (Phi) is 7.08. The average Bonchev–Trinajstić information content (AvgIpc) is 3.07. The van der Waals surface area contributed by atoms with E-state index in [4.69, 9.17) is 9.15 Å². The predicted octanol–water partition coefficient (Wildman–Crippen LogP) is 3.67. The minimum atomic E-state index is -0.489. The molecule has 3 aromatic rings. The number of aryl methyl sites for hydroxylation is 2. The van der Waals surface area contributed by atoms with Gasteiger partial charge >= 0.3 is 0 Å². The molecule has 0 radical (unpaired) electrons. The number of ether oxygens (including phenoxy) is 1. The van der Waals surface area contributed by atoms with Crippen LogP contribution in [0.25, 0.3) is 11.0 Å². The average molecular weight is 464 g/mol. The first-order valence-electron chi connectivity index (χ1n) is 12.2. The van der Waals surface area contributed by atoms with Gasteiger partial charge in [0.25, 0.3) is 5.91 Å². The van der Waals surface area contributed by atoms with Crippen LogP contribution >= 0.6 is 0 Å². The number of rotatable bonds is 9. The molecule has 0 aliphatic carbocycles. The lowest BCUT2D eigenvalue weighted by atomic mass is 9.97. The van der Waals surface area contributed by atoms with E-state index in [-0.39, 0.29) is 17.1 Å². The summed E-state index contributed by atoms with van der Waals surface area (Å²) >= 11 is 0. The molecular weight excluding hydrogens is 428 g/mol. The Labute approximate surface area is 201 Å². The van der Waals surface area contributed by atoms with Crippen LogP contribution in [0.2, 0.25) is 0 Å². The fourth-order valence-corrected chi connectivity index (χ4v) is 4.56. The normalized spacial score (nSPS) is 15.4. The van der Waals surface area contributed by atoms with Gasteiger partial charge in [0.1, 0.15) is 11.3 Å². The fourth-order valence-electron chi connectivity index (χ4n) is 4.56. The van der Waals surface area contributed by atoms with Crippen LogP contribution in [-0.2, 0) is 0 Å². The van der Waals surface area contributed by atoms with E-state index in [1.165, 1.54) is 4.90 Å². The van der Waals surface area contributed by atoms with E-state index < -0.39 is 6.04 Å². The monoisotopic (exact) mass is 463 g/mol. The SMILES string of the molecule is CCCCOc1cccc(C2c3c(oc4cc(C)c(C)cc4c3=O)C(=O)N2CCC[NH+](C)C)c1. The lowest BCUT2D eigenvalue weighted by Crippen LogP contribution is -3.05. The highest BCUT2D eigenvalue weighted by Gasteiger charge is 2.42. The Morgan fingerprint density at radius 3 is 2.56 bits per heavy atom. The summed E-state index contributed by atoms with van der Waals surface area (Å²) in [5.41, 5.74) is 3.70. The van der Waals surface area contributed by atoms with E-state index in [1.807, 2.05) is 50.2 Å². The summed E-state index contributed by atoms with van der Waals surface area (Å²) < 4.78 is 12.1. The zero-order valence-corrected chi connectivity index (χ0v) is 20.9. The lowest BCUT2D eigenvalue weighted by Gasteiger charge is -2.25. The maximum absolute atomic E-state index is 13.8. The molecule has 4 rings (SSSR count). The molecule has 1 atom stereocenters. The van der Waals surface area contributed by atoms with Gasteiger partial charge < -0.3 is 19.0 Å². The van der Waals surface area contributed by atoms with Gasteiger partial charge in [-0.3, -0.25) is 9.59 Å². The van der Waals surface area contributed by atoms with Crippen molar-refractivity contribution in [3.63, 3.8) is 0 Å². The molecule has 180 valence electrons.